The van der Waals surface area contributed by atoms with Gasteiger partial charge in [-0.1, -0.05) is 0 Å². The third kappa shape index (κ3) is 1.84. The molecule has 2 heterocycles. The van der Waals surface area contributed by atoms with Gasteiger partial charge in [-0.3, -0.25) is 9.48 Å². The van der Waals surface area contributed by atoms with Crippen LogP contribution in [0.15, 0.2) is 22.9 Å². The van der Waals surface area contributed by atoms with E-state index in [0.717, 1.165) is 0 Å². The zero-order valence-electron chi connectivity index (χ0n) is 9.30. The van der Waals surface area contributed by atoms with Crippen LogP contribution in [0.3, 0.4) is 0 Å². The van der Waals surface area contributed by atoms with Crippen LogP contribution in [-0.4, -0.2) is 26.6 Å². The summed E-state index contributed by atoms with van der Waals surface area (Å²) in [7, 11) is 1.65. The molecule has 6 nitrogen and oxygen atoms in total. The first-order valence-electron chi connectivity index (χ1n) is 4.86. The first-order valence-corrected chi connectivity index (χ1v) is 4.86. The summed E-state index contributed by atoms with van der Waals surface area (Å²) >= 11 is 0. The average molecular weight is 234 g/mol. The van der Waals surface area contributed by atoms with E-state index in [2.05, 4.69) is 5.10 Å². The van der Waals surface area contributed by atoms with E-state index < -0.39 is 5.97 Å². The number of carboxylic acid groups (broad SMARTS) is 1. The van der Waals surface area contributed by atoms with Gasteiger partial charge in [-0.2, -0.15) is 5.10 Å². The number of Topliss-reactive ketones (excluding diaryl/α,β-unsaturated/α-hetero) is 1. The molecule has 0 amide bonds. The number of carbonyl (C=O) groups is 2. The van der Waals surface area contributed by atoms with Gasteiger partial charge in [0.2, 0.25) is 0 Å². The fourth-order valence-corrected chi connectivity index (χ4v) is 1.60. The number of rotatable bonds is 3. The Morgan fingerprint density at radius 2 is 2.18 bits per heavy atom. The largest absolute Gasteiger partial charge is 0.478 e. The molecule has 0 aliphatic rings. The fourth-order valence-electron chi connectivity index (χ4n) is 1.60. The summed E-state index contributed by atoms with van der Waals surface area (Å²) in [5.74, 6) is -1.20. The molecule has 6 heteroatoms. The lowest BCUT2D eigenvalue weighted by molar-refractivity contribution is 0.0697. The summed E-state index contributed by atoms with van der Waals surface area (Å²) in [5.41, 5.74) is 0.604. The molecule has 0 atom stereocenters. The molecule has 2 aromatic rings. The Kier molecular flexibility index (Phi) is 2.55. The summed E-state index contributed by atoms with van der Waals surface area (Å²) in [4.78, 5) is 22.4. The van der Waals surface area contributed by atoms with Crippen molar-refractivity contribution < 1.29 is 19.1 Å². The molecule has 0 saturated carbocycles. The minimum absolute atomic E-state index is 0.0144. The zero-order valence-corrected chi connectivity index (χ0v) is 9.30. The van der Waals surface area contributed by atoms with Crippen molar-refractivity contribution >= 4 is 11.8 Å². The van der Waals surface area contributed by atoms with Crippen molar-refractivity contribution in [2.45, 2.75) is 6.92 Å². The summed E-state index contributed by atoms with van der Waals surface area (Å²) < 4.78 is 6.57. The van der Waals surface area contributed by atoms with Gasteiger partial charge in [0, 0.05) is 20.2 Å². The van der Waals surface area contributed by atoms with Crippen LogP contribution in [0.2, 0.25) is 0 Å². The van der Waals surface area contributed by atoms with Gasteiger partial charge in [-0.25, -0.2) is 4.79 Å². The van der Waals surface area contributed by atoms with Gasteiger partial charge in [0.05, 0.1) is 11.8 Å². The van der Waals surface area contributed by atoms with E-state index in [1.54, 1.807) is 13.2 Å². The maximum Gasteiger partial charge on any atom is 0.339 e. The second-order valence-electron chi connectivity index (χ2n) is 3.59. The Morgan fingerprint density at radius 1 is 1.47 bits per heavy atom. The van der Waals surface area contributed by atoms with Crippen LogP contribution >= 0.6 is 0 Å². The van der Waals surface area contributed by atoms with Crippen molar-refractivity contribution in [3.63, 3.8) is 0 Å². The van der Waals surface area contributed by atoms with Gasteiger partial charge in [0.1, 0.15) is 11.3 Å². The fraction of sp³-hybridized carbons (Fsp3) is 0.182. The summed E-state index contributed by atoms with van der Waals surface area (Å²) in [5, 5.41) is 13.0. The lowest BCUT2D eigenvalue weighted by atomic mass is 10.1. The summed E-state index contributed by atoms with van der Waals surface area (Å²) in [6.45, 7) is 1.37. The highest BCUT2D eigenvalue weighted by molar-refractivity contribution is 6.01. The number of furan rings is 1. The number of hydrogen-bond acceptors (Lipinski definition) is 4. The molecular formula is C11H10N2O4. The number of aromatic carboxylic acids is 1. The number of carbonyl (C=O) groups excluding carboxylic acids is 1. The second kappa shape index (κ2) is 3.89. The molecule has 0 aromatic carbocycles. The number of hydrogen-bond donors (Lipinski definition) is 1. The Labute approximate surface area is 96.5 Å². The average Bonchev–Trinajstić information content (AvgIpc) is 2.82. The molecule has 0 spiro atoms. The van der Waals surface area contributed by atoms with E-state index in [9.17, 15) is 9.59 Å². The van der Waals surface area contributed by atoms with E-state index in [1.165, 1.54) is 23.9 Å². The standard InChI is InChI=1S/C11H10N2O4/c1-6(14)9-8(5-13(2)12-9)10-7(11(15)16)3-4-17-10/h3-5H,1-2H3,(H,15,16). The Morgan fingerprint density at radius 3 is 2.76 bits per heavy atom. The predicted molar refractivity (Wildman–Crippen MR) is 57.9 cm³/mol. The van der Waals surface area contributed by atoms with E-state index >= 15 is 0 Å². The van der Waals surface area contributed by atoms with Crippen molar-refractivity contribution in [3.05, 3.63) is 29.8 Å². The van der Waals surface area contributed by atoms with Crippen LogP contribution in [0.5, 0.6) is 0 Å². The minimum Gasteiger partial charge on any atom is -0.478 e. The van der Waals surface area contributed by atoms with Crippen LogP contribution in [0.25, 0.3) is 11.3 Å². The summed E-state index contributed by atoms with van der Waals surface area (Å²) in [6.07, 6.45) is 2.83. The number of aromatic nitrogens is 2. The molecule has 0 aliphatic heterocycles. The normalized spacial score (nSPS) is 10.5. The molecule has 1 N–H and O–H groups in total. The van der Waals surface area contributed by atoms with E-state index in [-0.39, 0.29) is 22.8 Å². The molecule has 0 radical (unpaired) electrons. The smallest absolute Gasteiger partial charge is 0.339 e. The topological polar surface area (TPSA) is 85.3 Å². The molecule has 0 fully saturated rings. The lowest BCUT2D eigenvalue weighted by Gasteiger charge is -1.97. The molecule has 0 saturated heterocycles. The highest BCUT2D eigenvalue weighted by atomic mass is 16.4. The quantitative estimate of drug-likeness (QED) is 0.815. The lowest BCUT2D eigenvalue weighted by Crippen LogP contribution is -1.99. The van der Waals surface area contributed by atoms with Gasteiger partial charge in [-0.15, -0.1) is 0 Å². The first-order chi connectivity index (χ1) is 8.00. The molecular weight excluding hydrogens is 224 g/mol. The van der Waals surface area contributed by atoms with Crippen LogP contribution in [0.4, 0.5) is 0 Å². The first kappa shape index (κ1) is 11.1. The Balaban J connectivity index is 2.64. The van der Waals surface area contributed by atoms with Crippen molar-refractivity contribution in [2.24, 2.45) is 7.05 Å². The van der Waals surface area contributed by atoms with E-state index in [1.807, 2.05) is 0 Å². The van der Waals surface area contributed by atoms with Gasteiger partial charge < -0.3 is 9.52 Å². The molecule has 2 aromatic heterocycles. The van der Waals surface area contributed by atoms with Gasteiger partial charge in [0.15, 0.2) is 11.5 Å². The highest BCUT2D eigenvalue weighted by Crippen LogP contribution is 2.27. The number of nitrogens with zero attached hydrogens (tertiary/aromatic N) is 2. The van der Waals surface area contributed by atoms with Crippen molar-refractivity contribution in [1.29, 1.82) is 0 Å². The van der Waals surface area contributed by atoms with Gasteiger partial charge >= 0.3 is 5.97 Å². The van der Waals surface area contributed by atoms with E-state index in [0.29, 0.717) is 5.56 Å². The van der Waals surface area contributed by atoms with Gasteiger partial charge in [-0.05, 0) is 6.07 Å². The third-order valence-corrected chi connectivity index (χ3v) is 2.30. The molecule has 88 valence electrons. The van der Waals surface area contributed by atoms with Crippen LogP contribution in [0, 0.1) is 0 Å². The maximum absolute atomic E-state index is 11.4. The monoisotopic (exact) mass is 234 g/mol. The number of carboxylic acids is 1. The van der Waals surface area contributed by atoms with Crippen molar-refractivity contribution in [2.75, 3.05) is 0 Å². The van der Waals surface area contributed by atoms with Crippen LogP contribution in [0.1, 0.15) is 27.8 Å². The van der Waals surface area contributed by atoms with Crippen molar-refractivity contribution in [3.8, 4) is 11.3 Å². The minimum atomic E-state index is -1.10. The third-order valence-electron chi connectivity index (χ3n) is 2.30. The second-order valence-corrected chi connectivity index (χ2v) is 3.59. The molecule has 0 unspecified atom stereocenters. The molecule has 17 heavy (non-hydrogen) atoms. The zero-order chi connectivity index (χ0) is 12.6. The molecule has 0 aliphatic carbocycles. The van der Waals surface area contributed by atoms with E-state index in [4.69, 9.17) is 9.52 Å². The van der Waals surface area contributed by atoms with Crippen LogP contribution in [-0.2, 0) is 7.05 Å². The maximum atomic E-state index is 11.4. The molecule has 2 rings (SSSR count). The van der Waals surface area contributed by atoms with Crippen molar-refractivity contribution in [1.82, 2.24) is 9.78 Å². The number of ketones is 1. The summed E-state index contributed by atoms with van der Waals surface area (Å²) in [6, 6.07) is 1.34. The predicted octanol–water partition coefficient (Wildman–Crippen LogP) is 1.58. The Hall–Kier alpha value is -2.37. The SMILES string of the molecule is CC(=O)c1nn(C)cc1-c1occc1C(=O)O. The van der Waals surface area contributed by atoms with Gasteiger partial charge in [0.25, 0.3) is 0 Å². The highest BCUT2D eigenvalue weighted by Gasteiger charge is 2.22. The number of aryl methyl sites for hydroxylation is 1. The Bertz CT molecular complexity index is 594. The molecule has 0 bridgehead atoms. The van der Waals surface area contributed by atoms with Crippen LogP contribution < -0.4 is 0 Å².